The van der Waals surface area contributed by atoms with Crippen LogP contribution in [0.15, 0.2) is 0 Å². The summed E-state index contributed by atoms with van der Waals surface area (Å²) in [6.07, 6.45) is 2.89. The molecule has 28 valence electrons. The number of hydrogen-bond donors (Lipinski definition) is 0. The molecule has 1 atom stereocenters. The molecular formula is C3H6AsP. The molecule has 0 fully saturated rings. The first-order valence-electron chi connectivity index (χ1n) is 1.74. The molecule has 1 heterocycles. The second kappa shape index (κ2) is 2.00. The first kappa shape index (κ1) is 3.90. The number of hydrogen-bond acceptors (Lipinski definition) is 0. The second-order valence-electron chi connectivity index (χ2n) is 1.00. The minimum atomic E-state index is 0.486. The fraction of sp³-hybridized carbons (Fsp3) is 0.667. The standard InChI is InChI=1S/C3H6AsP/c1-2-4-5-3-1/h2,4H,1,3H2. The zero-order valence-electron chi connectivity index (χ0n) is 2.94. The molecule has 0 radical (unpaired) electrons. The molecule has 1 aliphatic rings. The summed E-state index contributed by atoms with van der Waals surface area (Å²) in [5.74, 6) is 0. The van der Waals surface area contributed by atoms with E-state index in [1.165, 1.54) is 12.6 Å². The van der Waals surface area contributed by atoms with E-state index in [1.807, 2.05) is 0 Å². The molecule has 5 heavy (non-hydrogen) atoms. The predicted octanol–water partition coefficient (Wildman–Crippen LogP) is 0.490. The summed E-state index contributed by atoms with van der Waals surface area (Å²) in [4.78, 5) is 2.47. The van der Waals surface area contributed by atoms with Crippen LogP contribution in [-0.4, -0.2) is 25.3 Å². The Labute approximate surface area is 39.0 Å². The molecule has 2 heteroatoms. The average molecular weight is 148 g/mol. The quantitative estimate of drug-likeness (QED) is 0.346. The molecule has 0 aromatic rings. The molecule has 0 amide bonds. The third kappa shape index (κ3) is 1.07. The Morgan fingerprint density at radius 1 is 1.80 bits per heavy atom. The molecule has 0 aromatic heterocycles. The van der Waals surface area contributed by atoms with E-state index in [9.17, 15) is 0 Å². The van der Waals surface area contributed by atoms with Crippen LogP contribution in [0.1, 0.15) is 6.42 Å². The summed E-state index contributed by atoms with van der Waals surface area (Å²) in [7, 11) is 0. The second-order valence-corrected chi connectivity index (χ2v) is 6.50. The van der Waals surface area contributed by atoms with Gasteiger partial charge in [-0.25, -0.2) is 0 Å². The maximum atomic E-state index is 2.47. The van der Waals surface area contributed by atoms with E-state index in [4.69, 9.17) is 0 Å². The van der Waals surface area contributed by atoms with E-state index >= 15 is 0 Å². The fourth-order valence-corrected chi connectivity index (χ4v) is 5.03. The third-order valence-electron chi connectivity index (χ3n) is 0.568. The number of rotatable bonds is 0. The van der Waals surface area contributed by atoms with Crippen molar-refractivity contribution in [1.29, 1.82) is 0 Å². The van der Waals surface area contributed by atoms with Gasteiger partial charge in [-0.1, -0.05) is 0 Å². The van der Waals surface area contributed by atoms with E-state index in [2.05, 4.69) is 4.81 Å². The molecule has 0 saturated heterocycles. The molecule has 0 spiro atoms. The van der Waals surface area contributed by atoms with Crippen molar-refractivity contribution >= 4 is 25.9 Å². The summed E-state index contributed by atoms with van der Waals surface area (Å²) >= 11 is 0.486. The van der Waals surface area contributed by atoms with Crippen molar-refractivity contribution in [3.05, 3.63) is 0 Å². The van der Waals surface area contributed by atoms with Gasteiger partial charge in [0.1, 0.15) is 0 Å². The molecule has 0 saturated carbocycles. The van der Waals surface area contributed by atoms with Gasteiger partial charge in [0.25, 0.3) is 0 Å². The fourth-order valence-electron chi connectivity index (χ4n) is 0.323. The first-order chi connectivity index (χ1) is 2.50. The van der Waals surface area contributed by atoms with E-state index in [-0.39, 0.29) is 0 Å². The van der Waals surface area contributed by atoms with Crippen molar-refractivity contribution in [2.24, 2.45) is 0 Å². The van der Waals surface area contributed by atoms with Crippen molar-refractivity contribution in [2.45, 2.75) is 6.42 Å². The molecule has 0 nitrogen and oxygen atoms in total. The molecule has 1 unspecified atom stereocenters. The van der Waals surface area contributed by atoms with Crippen molar-refractivity contribution < 1.29 is 0 Å². The Hall–Kier alpha value is 0.728. The molecular weight excluding hydrogens is 142 g/mol. The van der Waals surface area contributed by atoms with Crippen LogP contribution in [0, 0.1) is 0 Å². The maximum absolute atomic E-state index is 2.47. The van der Waals surface area contributed by atoms with Crippen LogP contribution in [0.5, 0.6) is 0 Å². The SMILES string of the molecule is C1=[AsH]=PCC1. The van der Waals surface area contributed by atoms with Crippen LogP contribution in [0.25, 0.3) is 0 Å². The summed E-state index contributed by atoms with van der Waals surface area (Å²) in [6, 6.07) is 0. The molecule has 0 aliphatic carbocycles. The third-order valence-corrected chi connectivity index (χ3v) is 5.73. The Kier molecular flexibility index (Phi) is 1.56. The van der Waals surface area contributed by atoms with Gasteiger partial charge in [-0.05, 0) is 0 Å². The average Bonchev–Trinajstić information content (AvgIpc) is 1.76. The summed E-state index contributed by atoms with van der Waals surface area (Å²) in [5, 5.41) is 0. The van der Waals surface area contributed by atoms with Gasteiger partial charge in [0.2, 0.25) is 0 Å². The van der Waals surface area contributed by atoms with Gasteiger partial charge in [-0.3, -0.25) is 0 Å². The van der Waals surface area contributed by atoms with Gasteiger partial charge in [-0.15, -0.1) is 0 Å². The van der Waals surface area contributed by atoms with Gasteiger partial charge >= 0.3 is 38.5 Å². The van der Waals surface area contributed by atoms with E-state index < -0.39 is 0 Å². The minimum absolute atomic E-state index is 0.486. The normalized spacial score (nSPS) is 25.6. The molecule has 0 aromatic carbocycles. The van der Waals surface area contributed by atoms with E-state index in [0.29, 0.717) is 14.4 Å². The summed E-state index contributed by atoms with van der Waals surface area (Å²) in [5.41, 5.74) is 0. The Balaban J connectivity index is 2.64. The van der Waals surface area contributed by atoms with Crippen molar-refractivity contribution in [3.63, 3.8) is 0 Å². The molecule has 0 N–H and O–H groups in total. The Morgan fingerprint density at radius 2 is 2.80 bits per heavy atom. The van der Waals surface area contributed by atoms with Crippen molar-refractivity contribution in [3.8, 4) is 0 Å². The zero-order valence-corrected chi connectivity index (χ0v) is 5.93. The molecule has 1 aliphatic heterocycles. The summed E-state index contributed by atoms with van der Waals surface area (Å²) < 4.78 is 0. The van der Waals surface area contributed by atoms with Gasteiger partial charge in [0, 0.05) is 0 Å². The summed E-state index contributed by atoms with van der Waals surface area (Å²) in [6.45, 7) is 1.76. The van der Waals surface area contributed by atoms with Crippen LogP contribution in [0.3, 0.4) is 0 Å². The van der Waals surface area contributed by atoms with Gasteiger partial charge in [-0.2, -0.15) is 0 Å². The Morgan fingerprint density at radius 3 is 3.00 bits per heavy atom. The van der Waals surface area contributed by atoms with Gasteiger partial charge in [0.15, 0.2) is 0 Å². The monoisotopic (exact) mass is 148 g/mol. The van der Waals surface area contributed by atoms with Crippen LogP contribution < -0.4 is 0 Å². The zero-order chi connectivity index (χ0) is 3.54. The van der Waals surface area contributed by atoms with Crippen molar-refractivity contribution in [2.75, 3.05) is 6.16 Å². The van der Waals surface area contributed by atoms with Crippen LogP contribution in [0.4, 0.5) is 0 Å². The predicted molar refractivity (Wildman–Crippen MR) is 29.6 cm³/mol. The van der Waals surface area contributed by atoms with Crippen molar-refractivity contribution in [1.82, 2.24) is 0 Å². The first-order valence-corrected chi connectivity index (χ1v) is 6.84. The van der Waals surface area contributed by atoms with Gasteiger partial charge in [0.05, 0.1) is 0 Å². The van der Waals surface area contributed by atoms with Crippen LogP contribution in [-0.2, 0) is 0 Å². The van der Waals surface area contributed by atoms with E-state index in [0.717, 1.165) is 0 Å². The molecule has 0 bridgehead atoms. The van der Waals surface area contributed by atoms with Gasteiger partial charge < -0.3 is 0 Å². The van der Waals surface area contributed by atoms with Crippen LogP contribution >= 0.6 is 6.69 Å². The topological polar surface area (TPSA) is 0 Å². The molecule has 1 rings (SSSR count). The Bertz CT molecular complexity index is 72.9. The van der Waals surface area contributed by atoms with E-state index in [1.54, 1.807) is 6.69 Å². The van der Waals surface area contributed by atoms with Crippen LogP contribution in [0.2, 0.25) is 0 Å².